The Hall–Kier alpha value is -3.08. The highest BCUT2D eigenvalue weighted by atomic mass is 35.5. The van der Waals surface area contributed by atoms with Crippen molar-refractivity contribution in [1.29, 1.82) is 0 Å². The Bertz CT molecular complexity index is 1190. The summed E-state index contributed by atoms with van der Waals surface area (Å²) in [4.78, 5) is 13.0. The molecule has 1 heterocycles. The van der Waals surface area contributed by atoms with E-state index in [0.29, 0.717) is 22.4 Å². The molecule has 4 nitrogen and oxygen atoms in total. The molecule has 4 N–H and O–H groups in total. The fourth-order valence-corrected chi connectivity index (χ4v) is 4.77. The van der Waals surface area contributed by atoms with Gasteiger partial charge in [0.25, 0.3) is 5.91 Å². The predicted octanol–water partition coefficient (Wildman–Crippen LogP) is 6.74. The first kappa shape index (κ1) is 23.1. The van der Waals surface area contributed by atoms with Crippen LogP contribution in [0.2, 0.25) is 5.02 Å². The van der Waals surface area contributed by atoms with Crippen LogP contribution in [0.3, 0.4) is 0 Å². The van der Waals surface area contributed by atoms with Crippen molar-refractivity contribution < 1.29 is 4.79 Å². The molecule has 33 heavy (non-hydrogen) atoms. The topological polar surface area (TPSA) is 67.1 Å². The van der Waals surface area contributed by atoms with Crippen LogP contribution in [0.25, 0.3) is 11.3 Å². The average Bonchev–Trinajstić information content (AvgIpc) is 3.12. The number of halogens is 1. The van der Waals surface area contributed by atoms with Gasteiger partial charge in [0.15, 0.2) is 0 Å². The van der Waals surface area contributed by atoms with Crippen LogP contribution < -0.4 is 16.4 Å². The minimum atomic E-state index is -0.414. The molecule has 1 amide bonds. The lowest BCUT2D eigenvalue weighted by molar-refractivity contribution is -0.110. The van der Waals surface area contributed by atoms with Gasteiger partial charge in [-0.25, -0.2) is 0 Å². The summed E-state index contributed by atoms with van der Waals surface area (Å²) < 4.78 is 0. The zero-order chi connectivity index (χ0) is 23.8. The summed E-state index contributed by atoms with van der Waals surface area (Å²) in [5, 5.41) is 7.03. The van der Waals surface area contributed by atoms with E-state index < -0.39 is 5.54 Å². The molecule has 0 saturated heterocycles. The minimum Gasteiger partial charge on any atom is -0.354 e. The number of hydrogen-bond acceptors (Lipinski definition) is 3. The molecule has 1 aliphatic heterocycles. The fraction of sp³-hybridized carbons (Fsp3) is 0.250. The Morgan fingerprint density at radius 2 is 1.58 bits per heavy atom. The van der Waals surface area contributed by atoms with E-state index in [-0.39, 0.29) is 5.91 Å². The maximum atomic E-state index is 13.0. The van der Waals surface area contributed by atoms with Crippen LogP contribution in [0.5, 0.6) is 0 Å². The maximum Gasteiger partial charge on any atom is 0.258 e. The van der Waals surface area contributed by atoms with Crippen molar-refractivity contribution in [2.24, 2.45) is 17.6 Å². The first-order valence-electron chi connectivity index (χ1n) is 11.3. The lowest BCUT2D eigenvalue weighted by Gasteiger charge is -2.38. The molecule has 0 atom stereocenters. The summed E-state index contributed by atoms with van der Waals surface area (Å²) in [5.74, 6) is 0.434. The van der Waals surface area contributed by atoms with Crippen molar-refractivity contribution in [2.45, 2.75) is 33.2 Å². The first-order chi connectivity index (χ1) is 15.7. The van der Waals surface area contributed by atoms with Crippen molar-refractivity contribution in [1.82, 2.24) is 0 Å². The van der Waals surface area contributed by atoms with Crippen LogP contribution in [0, 0.1) is 11.8 Å². The molecule has 5 heteroatoms. The number of anilines is 2. The number of rotatable bonds is 6. The molecule has 3 aromatic rings. The minimum absolute atomic E-state index is 0.157. The number of carbonyl (C=O) groups is 1. The molecular formula is C28H30ClN3O. The standard InChI is InChI=1S/C28H30ClN3O/c1-17(2)28(30,18(3)4)20-10-13-22(14-11-20)31-26(19-8-6-5-7-9-19)25-23-15-12-21(29)16-24(23)32-27(25)33/h5-18,31H,30H2,1-4H3,(H,32,33)/b26-25-. The Labute approximate surface area is 200 Å². The third kappa shape index (κ3) is 4.29. The lowest BCUT2D eigenvalue weighted by atomic mass is 9.73. The van der Waals surface area contributed by atoms with Gasteiger partial charge in [0, 0.05) is 21.8 Å². The van der Waals surface area contributed by atoms with Crippen LogP contribution in [0.1, 0.15) is 44.4 Å². The molecule has 0 spiro atoms. The molecule has 170 valence electrons. The fourth-order valence-electron chi connectivity index (χ4n) is 4.60. The SMILES string of the molecule is CC(C)C(N)(c1ccc(N/C(=C2\C(=O)Nc3cc(Cl)ccc32)c2ccccc2)cc1)C(C)C. The highest BCUT2D eigenvalue weighted by Crippen LogP contribution is 2.39. The highest BCUT2D eigenvalue weighted by Gasteiger charge is 2.34. The number of hydrogen-bond donors (Lipinski definition) is 3. The zero-order valence-electron chi connectivity index (χ0n) is 19.4. The van der Waals surface area contributed by atoms with Gasteiger partial charge in [0.1, 0.15) is 0 Å². The van der Waals surface area contributed by atoms with E-state index in [0.717, 1.165) is 33.8 Å². The lowest BCUT2D eigenvalue weighted by Crippen LogP contribution is -2.46. The van der Waals surface area contributed by atoms with Crippen molar-refractivity contribution in [3.63, 3.8) is 0 Å². The Balaban J connectivity index is 1.78. The van der Waals surface area contributed by atoms with E-state index in [9.17, 15) is 4.79 Å². The van der Waals surface area contributed by atoms with E-state index >= 15 is 0 Å². The third-order valence-electron chi connectivity index (χ3n) is 6.60. The van der Waals surface area contributed by atoms with Crippen molar-refractivity contribution >= 4 is 40.2 Å². The number of carbonyl (C=O) groups excluding carboxylic acids is 1. The van der Waals surface area contributed by atoms with Gasteiger partial charge in [-0.05, 0) is 47.2 Å². The van der Waals surface area contributed by atoms with Crippen LogP contribution in [-0.2, 0) is 10.3 Å². The summed E-state index contributed by atoms with van der Waals surface area (Å²) in [5.41, 5.74) is 12.2. The molecule has 4 rings (SSSR count). The summed E-state index contributed by atoms with van der Waals surface area (Å²) >= 11 is 6.15. The van der Waals surface area contributed by atoms with E-state index in [1.165, 1.54) is 0 Å². The highest BCUT2D eigenvalue weighted by molar-refractivity contribution is 6.38. The first-order valence-corrected chi connectivity index (χ1v) is 11.7. The summed E-state index contributed by atoms with van der Waals surface area (Å²) in [6.45, 7) is 8.64. The van der Waals surface area contributed by atoms with Crippen molar-refractivity contribution in [3.05, 3.63) is 94.5 Å². The number of nitrogens with one attached hydrogen (secondary N) is 2. The van der Waals surface area contributed by atoms with E-state index in [1.807, 2.05) is 48.5 Å². The zero-order valence-corrected chi connectivity index (χ0v) is 20.2. The van der Waals surface area contributed by atoms with Crippen molar-refractivity contribution in [3.8, 4) is 0 Å². The van der Waals surface area contributed by atoms with Gasteiger partial charge in [-0.2, -0.15) is 0 Å². The van der Waals surface area contributed by atoms with Crippen LogP contribution in [0.4, 0.5) is 11.4 Å². The molecule has 0 bridgehead atoms. The van der Waals surface area contributed by atoms with Gasteiger partial charge >= 0.3 is 0 Å². The van der Waals surface area contributed by atoms with Gasteiger partial charge in [0.2, 0.25) is 0 Å². The molecule has 0 aromatic heterocycles. The number of amides is 1. The normalized spacial score (nSPS) is 15.0. The second-order valence-corrected chi connectivity index (χ2v) is 9.64. The summed E-state index contributed by atoms with van der Waals surface area (Å²) in [7, 11) is 0. The monoisotopic (exact) mass is 459 g/mol. The van der Waals surface area contributed by atoms with E-state index in [4.69, 9.17) is 17.3 Å². The number of nitrogens with two attached hydrogens (primary N) is 1. The van der Waals surface area contributed by atoms with Gasteiger partial charge in [-0.1, -0.05) is 87.8 Å². The third-order valence-corrected chi connectivity index (χ3v) is 6.84. The van der Waals surface area contributed by atoms with E-state index in [1.54, 1.807) is 12.1 Å². The number of fused-ring (bicyclic) bond motifs is 1. The quantitative estimate of drug-likeness (QED) is 0.357. The molecular weight excluding hydrogens is 430 g/mol. The predicted molar refractivity (Wildman–Crippen MR) is 139 cm³/mol. The van der Waals surface area contributed by atoms with Crippen LogP contribution in [0.15, 0.2) is 72.8 Å². The average molecular weight is 460 g/mol. The second-order valence-electron chi connectivity index (χ2n) is 9.20. The summed E-state index contributed by atoms with van der Waals surface area (Å²) in [6, 6.07) is 23.6. The van der Waals surface area contributed by atoms with Gasteiger partial charge < -0.3 is 16.4 Å². The van der Waals surface area contributed by atoms with Gasteiger partial charge in [0.05, 0.1) is 17.0 Å². The molecule has 0 aliphatic carbocycles. The number of benzene rings is 3. The van der Waals surface area contributed by atoms with Gasteiger partial charge in [-0.15, -0.1) is 0 Å². The molecule has 1 aliphatic rings. The maximum absolute atomic E-state index is 13.0. The molecule has 0 saturated carbocycles. The Morgan fingerprint density at radius 3 is 2.18 bits per heavy atom. The Morgan fingerprint density at radius 1 is 0.939 bits per heavy atom. The molecule has 0 fully saturated rings. The van der Waals surface area contributed by atoms with Gasteiger partial charge in [-0.3, -0.25) is 4.79 Å². The second kappa shape index (κ2) is 9.05. The van der Waals surface area contributed by atoms with Crippen molar-refractivity contribution in [2.75, 3.05) is 10.6 Å². The molecule has 3 aromatic carbocycles. The molecule has 0 unspecified atom stereocenters. The molecule has 0 radical (unpaired) electrons. The van der Waals surface area contributed by atoms with E-state index in [2.05, 4.69) is 50.5 Å². The van der Waals surface area contributed by atoms with Crippen LogP contribution >= 0.6 is 11.6 Å². The largest absolute Gasteiger partial charge is 0.354 e. The summed E-state index contributed by atoms with van der Waals surface area (Å²) in [6.07, 6.45) is 0. The Kier molecular flexibility index (Phi) is 6.33. The van der Waals surface area contributed by atoms with Crippen LogP contribution in [-0.4, -0.2) is 5.91 Å². The smallest absolute Gasteiger partial charge is 0.258 e.